The largest absolute Gasteiger partial charge is 0.293 e. The molecule has 1 aliphatic carbocycles. The number of Topliss-reactive ketones (excluding diaryl/α,β-unsaturated/α-hetero) is 2. The van der Waals surface area contributed by atoms with E-state index in [-0.39, 0.29) is 16.6 Å². The number of nitrogens with zero attached hydrogens (tertiary/aromatic N) is 1. The van der Waals surface area contributed by atoms with Crippen LogP contribution in [0.25, 0.3) is 20.9 Å². The van der Waals surface area contributed by atoms with Gasteiger partial charge in [-0.05, 0) is 35.0 Å². The number of ketones is 2. The van der Waals surface area contributed by atoms with Crippen molar-refractivity contribution in [1.29, 1.82) is 0 Å². The van der Waals surface area contributed by atoms with E-state index in [4.69, 9.17) is 0 Å². The zero-order valence-corrected chi connectivity index (χ0v) is 14.2. The van der Waals surface area contributed by atoms with Gasteiger partial charge in [0.15, 0.2) is 11.6 Å². The van der Waals surface area contributed by atoms with Gasteiger partial charge in [0.2, 0.25) is 0 Å². The molecule has 1 heterocycles. The van der Waals surface area contributed by atoms with E-state index in [9.17, 15) is 14.4 Å². The van der Waals surface area contributed by atoms with Gasteiger partial charge < -0.3 is 0 Å². The number of aromatic nitrogens is 1. The van der Waals surface area contributed by atoms with Crippen molar-refractivity contribution in [2.45, 2.75) is 5.92 Å². The topological polar surface area (TPSA) is 64.1 Å². The average Bonchev–Trinajstić information content (AvgIpc) is 2.90. The first-order chi connectivity index (χ1) is 12.6. The van der Waals surface area contributed by atoms with Crippen LogP contribution in [0.4, 0.5) is 0 Å². The number of carbonyl (C=O) groups is 2. The number of rotatable bonds is 1. The molecule has 0 amide bonds. The highest BCUT2D eigenvalue weighted by Crippen LogP contribution is 2.37. The molecular weight excluding hydrogens is 346 g/mol. The van der Waals surface area contributed by atoms with E-state index in [1.807, 2.05) is 30.3 Å². The Labute approximate surface area is 151 Å². The van der Waals surface area contributed by atoms with Crippen LogP contribution in [0.2, 0.25) is 0 Å². The second-order valence-electron chi connectivity index (χ2n) is 6.26. The van der Waals surface area contributed by atoms with E-state index >= 15 is 0 Å². The summed E-state index contributed by atoms with van der Waals surface area (Å²) in [5.41, 5.74) is 0.415. The van der Waals surface area contributed by atoms with Crippen molar-refractivity contribution in [3.8, 4) is 0 Å². The average molecular weight is 357 g/mol. The second kappa shape index (κ2) is 5.41. The van der Waals surface area contributed by atoms with E-state index in [0.29, 0.717) is 16.5 Å². The van der Waals surface area contributed by atoms with E-state index in [1.54, 1.807) is 30.3 Å². The lowest BCUT2D eigenvalue weighted by atomic mass is 10.0. The highest BCUT2D eigenvalue weighted by atomic mass is 32.1. The van der Waals surface area contributed by atoms with Crippen LogP contribution in [0.5, 0.6) is 0 Å². The van der Waals surface area contributed by atoms with Gasteiger partial charge in [-0.1, -0.05) is 36.4 Å². The highest BCUT2D eigenvalue weighted by molar-refractivity contribution is 7.18. The molecular formula is C21H11NO3S. The molecule has 4 aromatic rings. The molecule has 5 heteroatoms. The molecule has 0 N–H and O–H groups in total. The number of hydrogen-bond acceptors (Lipinski definition) is 5. The molecule has 124 valence electrons. The maximum Gasteiger partial charge on any atom is 0.279 e. The first-order valence-electron chi connectivity index (χ1n) is 8.14. The van der Waals surface area contributed by atoms with Gasteiger partial charge in [-0.25, -0.2) is 4.98 Å². The normalized spacial score (nSPS) is 14.3. The third-order valence-electron chi connectivity index (χ3n) is 4.73. The number of hydrogen-bond donors (Lipinski definition) is 0. The zero-order valence-electron chi connectivity index (χ0n) is 13.4. The van der Waals surface area contributed by atoms with Crippen molar-refractivity contribution in [1.82, 2.24) is 4.98 Å². The Bertz CT molecular complexity index is 1250. The molecule has 4 nitrogen and oxygen atoms in total. The van der Waals surface area contributed by atoms with Crippen molar-refractivity contribution in [3.05, 3.63) is 87.2 Å². The molecule has 0 bridgehead atoms. The van der Waals surface area contributed by atoms with Crippen molar-refractivity contribution < 1.29 is 9.59 Å². The maximum atomic E-state index is 12.9. The Balaban J connectivity index is 1.71. The summed E-state index contributed by atoms with van der Waals surface area (Å²) in [5, 5.41) is 2.59. The summed E-state index contributed by atoms with van der Waals surface area (Å²) in [6.45, 7) is 0. The number of fused-ring (bicyclic) bond motifs is 3. The van der Waals surface area contributed by atoms with Gasteiger partial charge in [0, 0.05) is 15.8 Å². The third-order valence-corrected chi connectivity index (χ3v) is 5.84. The Morgan fingerprint density at radius 1 is 0.769 bits per heavy atom. The lowest BCUT2D eigenvalue weighted by Gasteiger charge is -2.06. The molecule has 0 aliphatic heterocycles. The fraction of sp³-hybridized carbons (Fsp3) is 0.0476. The van der Waals surface area contributed by atoms with Crippen LogP contribution in [0, 0.1) is 0 Å². The predicted octanol–water partition coefficient (Wildman–Crippen LogP) is 3.97. The van der Waals surface area contributed by atoms with Gasteiger partial charge in [-0.3, -0.25) is 14.4 Å². The van der Waals surface area contributed by atoms with Crippen LogP contribution in [-0.4, -0.2) is 16.6 Å². The summed E-state index contributed by atoms with van der Waals surface area (Å²) >= 11 is 1.23. The quantitative estimate of drug-likeness (QED) is 0.484. The van der Waals surface area contributed by atoms with Gasteiger partial charge in [0.1, 0.15) is 10.9 Å². The zero-order chi connectivity index (χ0) is 17.8. The molecule has 1 aliphatic rings. The first kappa shape index (κ1) is 15.1. The summed E-state index contributed by atoms with van der Waals surface area (Å²) in [5.74, 6) is -1.59. The SMILES string of the molecule is O=C1c2cc3ccccc3cc2C(=O)C1c1nc(=O)c2ccccc2s1. The van der Waals surface area contributed by atoms with Crippen LogP contribution in [0.3, 0.4) is 0 Å². The Morgan fingerprint density at radius 2 is 1.35 bits per heavy atom. The van der Waals surface area contributed by atoms with Gasteiger partial charge in [0.05, 0.1) is 5.39 Å². The lowest BCUT2D eigenvalue weighted by molar-refractivity contribution is 0.0890. The molecule has 3 aromatic carbocycles. The van der Waals surface area contributed by atoms with Crippen LogP contribution in [0.15, 0.2) is 65.5 Å². The number of benzene rings is 3. The highest BCUT2D eigenvalue weighted by Gasteiger charge is 2.41. The molecule has 0 saturated carbocycles. The summed E-state index contributed by atoms with van der Waals surface area (Å²) in [6.07, 6.45) is 0. The van der Waals surface area contributed by atoms with Crippen LogP contribution < -0.4 is 5.56 Å². The maximum absolute atomic E-state index is 12.9. The first-order valence-corrected chi connectivity index (χ1v) is 8.96. The predicted molar refractivity (Wildman–Crippen MR) is 101 cm³/mol. The molecule has 5 rings (SSSR count). The minimum absolute atomic E-state index is 0.268. The molecule has 0 unspecified atom stereocenters. The minimum Gasteiger partial charge on any atom is -0.293 e. The molecule has 0 saturated heterocycles. The summed E-state index contributed by atoms with van der Waals surface area (Å²) in [7, 11) is 0. The van der Waals surface area contributed by atoms with Crippen molar-refractivity contribution >= 4 is 43.8 Å². The fourth-order valence-corrected chi connectivity index (χ4v) is 4.55. The molecule has 0 spiro atoms. The smallest absolute Gasteiger partial charge is 0.279 e. The molecule has 0 atom stereocenters. The van der Waals surface area contributed by atoms with Gasteiger partial charge in [-0.2, -0.15) is 0 Å². The minimum atomic E-state index is -1.02. The Kier molecular flexibility index (Phi) is 3.14. The third kappa shape index (κ3) is 2.07. The monoisotopic (exact) mass is 357 g/mol. The van der Waals surface area contributed by atoms with E-state index in [2.05, 4.69) is 4.98 Å². The Hall–Kier alpha value is -3.18. The second-order valence-corrected chi connectivity index (χ2v) is 7.32. The molecule has 26 heavy (non-hydrogen) atoms. The standard InChI is InChI=1S/C21H11NO3S/c23-18-14-9-11-5-1-2-6-12(11)10-15(14)19(24)17(18)21-22-20(25)13-7-3-4-8-16(13)26-21/h1-10,17H. The fourth-order valence-electron chi connectivity index (χ4n) is 3.45. The van der Waals surface area contributed by atoms with Crippen LogP contribution >= 0.6 is 11.3 Å². The molecule has 0 fully saturated rings. The Morgan fingerprint density at radius 3 is 2.00 bits per heavy atom. The summed E-state index contributed by atoms with van der Waals surface area (Å²) in [6, 6.07) is 18.2. The van der Waals surface area contributed by atoms with E-state index in [1.165, 1.54) is 11.3 Å². The molecule has 1 aromatic heterocycles. The van der Waals surface area contributed by atoms with E-state index in [0.717, 1.165) is 15.5 Å². The summed E-state index contributed by atoms with van der Waals surface area (Å²) < 4.78 is 0.726. The number of carbonyl (C=O) groups excluding carboxylic acids is 2. The van der Waals surface area contributed by atoms with Crippen molar-refractivity contribution in [3.63, 3.8) is 0 Å². The van der Waals surface area contributed by atoms with E-state index < -0.39 is 11.5 Å². The van der Waals surface area contributed by atoms with Gasteiger partial charge in [-0.15, -0.1) is 11.3 Å². The van der Waals surface area contributed by atoms with Gasteiger partial charge in [0.25, 0.3) is 5.56 Å². The summed E-state index contributed by atoms with van der Waals surface area (Å²) in [4.78, 5) is 42.2. The lowest BCUT2D eigenvalue weighted by Crippen LogP contribution is -2.18. The van der Waals surface area contributed by atoms with Crippen LogP contribution in [0.1, 0.15) is 31.6 Å². The van der Waals surface area contributed by atoms with Crippen molar-refractivity contribution in [2.24, 2.45) is 0 Å². The molecule has 0 radical (unpaired) electrons. The van der Waals surface area contributed by atoms with Crippen LogP contribution in [-0.2, 0) is 0 Å². The van der Waals surface area contributed by atoms with Crippen molar-refractivity contribution in [2.75, 3.05) is 0 Å². The van der Waals surface area contributed by atoms with Gasteiger partial charge >= 0.3 is 0 Å².